The molecule has 0 saturated carbocycles. The molecule has 2 N–H and O–H groups in total. The lowest BCUT2D eigenvalue weighted by molar-refractivity contribution is -0.274. The summed E-state index contributed by atoms with van der Waals surface area (Å²) in [5, 5.41) is 5.40. The van der Waals surface area contributed by atoms with E-state index in [0.717, 1.165) is 23.3 Å². The Hall–Kier alpha value is -4.01. The van der Waals surface area contributed by atoms with Crippen molar-refractivity contribution in [3.05, 3.63) is 89.5 Å². The molecule has 1 aliphatic rings. The summed E-state index contributed by atoms with van der Waals surface area (Å²) in [6, 6.07) is 18.8. The van der Waals surface area contributed by atoms with Gasteiger partial charge in [-0.25, -0.2) is 4.79 Å². The quantitative estimate of drug-likeness (QED) is 0.571. The number of rotatable bonds is 4. The number of urea groups is 1. The highest BCUT2D eigenvalue weighted by molar-refractivity contribution is 6.04. The number of nitrogens with zero attached hydrogens (tertiary/aromatic N) is 1. The molecular formula is C23H18F3N3O3. The van der Waals surface area contributed by atoms with Crippen molar-refractivity contribution in [3.8, 4) is 5.75 Å². The maximum Gasteiger partial charge on any atom is 0.573 e. The van der Waals surface area contributed by atoms with Crippen LogP contribution in [0.25, 0.3) is 0 Å². The largest absolute Gasteiger partial charge is 0.573 e. The molecule has 0 saturated heterocycles. The maximum absolute atomic E-state index is 12.5. The van der Waals surface area contributed by atoms with Crippen LogP contribution in [0.3, 0.4) is 0 Å². The van der Waals surface area contributed by atoms with E-state index in [0.29, 0.717) is 30.0 Å². The van der Waals surface area contributed by atoms with Gasteiger partial charge in [0.15, 0.2) is 0 Å². The van der Waals surface area contributed by atoms with Crippen LogP contribution in [0.2, 0.25) is 0 Å². The second kappa shape index (κ2) is 8.62. The van der Waals surface area contributed by atoms with Gasteiger partial charge in [-0.15, -0.1) is 13.2 Å². The van der Waals surface area contributed by atoms with Gasteiger partial charge in [0.25, 0.3) is 5.91 Å². The molecule has 6 nitrogen and oxygen atoms in total. The summed E-state index contributed by atoms with van der Waals surface area (Å²) in [5.74, 6) is -0.820. The van der Waals surface area contributed by atoms with Crippen molar-refractivity contribution in [1.29, 1.82) is 0 Å². The molecule has 0 unspecified atom stereocenters. The molecule has 9 heteroatoms. The fourth-order valence-corrected chi connectivity index (χ4v) is 3.33. The van der Waals surface area contributed by atoms with Crippen LogP contribution >= 0.6 is 0 Å². The third-order valence-electron chi connectivity index (χ3n) is 4.87. The van der Waals surface area contributed by atoms with Gasteiger partial charge in [0, 0.05) is 30.0 Å². The molecule has 3 aromatic rings. The molecule has 32 heavy (non-hydrogen) atoms. The second-order valence-corrected chi connectivity index (χ2v) is 7.16. The van der Waals surface area contributed by atoms with Gasteiger partial charge in [0.05, 0.1) is 0 Å². The van der Waals surface area contributed by atoms with Crippen LogP contribution in [-0.2, 0) is 13.1 Å². The lowest BCUT2D eigenvalue weighted by atomic mass is 10.1. The molecule has 3 amide bonds. The van der Waals surface area contributed by atoms with Crippen molar-refractivity contribution in [3.63, 3.8) is 0 Å². The summed E-state index contributed by atoms with van der Waals surface area (Å²) in [4.78, 5) is 26.6. The predicted molar refractivity (Wildman–Crippen MR) is 112 cm³/mol. The normalized spacial score (nSPS) is 12.8. The fourth-order valence-electron chi connectivity index (χ4n) is 3.33. The van der Waals surface area contributed by atoms with Crippen molar-refractivity contribution in [2.75, 3.05) is 10.6 Å². The Morgan fingerprint density at radius 1 is 0.781 bits per heavy atom. The molecule has 1 aliphatic heterocycles. The van der Waals surface area contributed by atoms with Gasteiger partial charge < -0.3 is 20.3 Å². The van der Waals surface area contributed by atoms with E-state index in [2.05, 4.69) is 15.4 Å². The van der Waals surface area contributed by atoms with E-state index >= 15 is 0 Å². The average molecular weight is 441 g/mol. The lowest BCUT2D eigenvalue weighted by Gasteiger charge is -2.16. The summed E-state index contributed by atoms with van der Waals surface area (Å²) >= 11 is 0. The van der Waals surface area contributed by atoms with Crippen molar-refractivity contribution in [2.24, 2.45) is 0 Å². The van der Waals surface area contributed by atoms with Gasteiger partial charge in [-0.05, 0) is 59.7 Å². The van der Waals surface area contributed by atoms with Crippen LogP contribution < -0.4 is 15.4 Å². The highest BCUT2D eigenvalue weighted by Gasteiger charge is 2.31. The Morgan fingerprint density at radius 3 is 1.88 bits per heavy atom. The number of alkyl halides is 3. The summed E-state index contributed by atoms with van der Waals surface area (Å²) in [7, 11) is 0. The molecule has 0 aromatic heterocycles. The minimum Gasteiger partial charge on any atom is -0.406 e. The minimum absolute atomic E-state index is 0.237. The number of benzene rings is 3. The number of anilines is 2. The molecular weight excluding hydrogens is 423 g/mol. The first kappa shape index (κ1) is 21.2. The standard InChI is InChI=1S/C23H18F3N3O3/c24-23(25,26)32-20-11-9-18(10-12-20)27-21(30)15-5-7-19(8-6-15)28-22(31)29-13-16-3-1-2-4-17(16)14-29/h1-12H,13-14H2,(H,27,30)(H,28,31). The van der Waals surface area contributed by atoms with E-state index in [1.165, 1.54) is 12.1 Å². The zero-order valence-electron chi connectivity index (χ0n) is 16.6. The van der Waals surface area contributed by atoms with Crippen molar-refractivity contribution < 1.29 is 27.5 Å². The van der Waals surface area contributed by atoms with E-state index in [1.54, 1.807) is 29.2 Å². The molecule has 4 rings (SSSR count). The van der Waals surface area contributed by atoms with Gasteiger partial charge >= 0.3 is 12.4 Å². The van der Waals surface area contributed by atoms with Gasteiger partial charge in [0.1, 0.15) is 5.75 Å². The Morgan fingerprint density at radius 2 is 1.31 bits per heavy atom. The first-order valence-corrected chi connectivity index (χ1v) is 9.67. The highest BCUT2D eigenvalue weighted by Crippen LogP contribution is 2.25. The SMILES string of the molecule is O=C(Nc1ccc(OC(F)(F)F)cc1)c1ccc(NC(=O)N2Cc3ccccc3C2)cc1. The van der Waals surface area contributed by atoms with Crippen LogP contribution in [-0.4, -0.2) is 23.2 Å². The molecule has 0 radical (unpaired) electrons. The van der Waals surface area contributed by atoms with Crippen LogP contribution in [0.1, 0.15) is 21.5 Å². The number of carbonyl (C=O) groups is 2. The number of halogens is 3. The van der Waals surface area contributed by atoms with Crippen LogP contribution in [0.15, 0.2) is 72.8 Å². The third-order valence-corrected chi connectivity index (χ3v) is 4.87. The van der Waals surface area contributed by atoms with Gasteiger partial charge in [-0.1, -0.05) is 24.3 Å². The van der Waals surface area contributed by atoms with Crippen LogP contribution in [0.5, 0.6) is 5.75 Å². The smallest absolute Gasteiger partial charge is 0.406 e. The number of ether oxygens (including phenoxy) is 1. The number of nitrogens with one attached hydrogen (secondary N) is 2. The molecule has 0 fully saturated rings. The summed E-state index contributed by atoms with van der Waals surface area (Å²) in [6.45, 7) is 1.07. The van der Waals surface area contributed by atoms with Crippen LogP contribution in [0, 0.1) is 0 Å². The van der Waals surface area contributed by atoms with Gasteiger partial charge in [0.2, 0.25) is 0 Å². The molecule has 164 valence electrons. The molecule has 0 atom stereocenters. The highest BCUT2D eigenvalue weighted by atomic mass is 19.4. The zero-order valence-corrected chi connectivity index (χ0v) is 16.6. The molecule has 0 spiro atoms. The Bertz CT molecular complexity index is 1100. The first-order valence-electron chi connectivity index (χ1n) is 9.67. The number of amides is 3. The third kappa shape index (κ3) is 5.18. The van der Waals surface area contributed by atoms with Crippen molar-refractivity contribution in [1.82, 2.24) is 4.90 Å². The number of hydrogen-bond donors (Lipinski definition) is 2. The summed E-state index contributed by atoms with van der Waals surface area (Å²) < 4.78 is 40.4. The van der Waals surface area contributed by atoms with E-state index in [4.69, 9.17) is 0 Å². The topological polar surface area (TPSA) is 70.7 Å². The zero-order chi connectivity index (χ0) is 22.7. The minimum atomic E-state index is -4.78. The number of hydrogen-bond acceptors (Lipinski definition) is 3. The molecule has 1 heterocycles. The van der Waals surface area contributed by atoms with E-state index < -0.39 is 12.3 Å². The Kier molecular flexibility index (Phi) is 5.72. The van der Waals surface area contributed by atoms with E-state index in [1.807, 2.05) is 24.3 Å². The van der Waals surface area contributed by atoms with Crippen molar-refractivity contribution in [2.45, 2.75) is 19.5 Å². The first-order chi connectivity index (χ1) is 15.3. The second-order valence-electron chi connectivity index (χ2n) is 7.16. The number of carbonyl (C=O) groups excluding carboxylic acids is 2. The van der Waals surface area contributed by atoms with Gasteiger partial charge in [-0.3, -0.25) is 4.79 Å². The summed E-state index contributed by atoms with van der Waals surface area (Å²) in [5.41, 5.74) is 3.42. The molecule has 0 bridgehead atoms. The Labute approximate surface area is 181 Å². The predicted octanol–water partition coefficient (Wildman–Crippen LogP) is 5.39. The monoisotopic (exact) mass is 441 g/mol. The van der Waals surface area contributed by atoms with Crippen molar-refractivity contribution >= 4 is 23.3 Å². The molecule has 0 aliphatic carbocycles. The summed E-state index contributed by atoms with van der Waals surface area (Å²) in [6.07, 6.45) is -4.78. The molecule has 3 aromatic carbocycles. The fraction of sp³-hybridized carbons (Fsp3) is 0.130. The maximum atomic E-state index is 12.5. The van der Waals surface area contributed by atoms with Crippen LogP contribution in [0.4, 0.5) is 29.3 Å². The van der Waals surface area contributed by atoms with E-state index in [-0.39, 0.29) is 11.8 Å². The Balaban J connectivity index is 1.32. The average Bonchev–Trinajstić information content (AvgIpc) is 3.19. The van der Waals surface area contributed by atoms with E-state index in [9.17, 15) is 22.8 Å². The number of fused-ring (bicyclic) bond motifs is 1. The van der Waals surface area contributed by atoms with Gasteiger partial charge in [-0.2, -0.15) is 0 Å². The lowest BCUT2D eigenvalue weighted by Crippen LogP contribution is -2.30.